The molecule has 0 aliphatic carbocycles. The van der Waals surface area contributed by atoms with E-state index in [0.717, 1.165) is 0 Å². The fraction of sp³-hybridized carbons (Fsp3) is 1.00. The summed E-state index contributed by atoms with van der Waals surface area (Å²) < 4.78 is 0. The van der Waals surface area contributed by atoms with Crippen LogP contribution in [0.15, 0.2) is 0 Å². The molecule has 0 saturated carbocycles. The van der Waals surface area contributed by atoms with E-state index in [0.29, 0.717) is 11.0 Å². The van der Waals surface area contributed by atoms with Crippen LogP contribution in [0.2, 0.25) is 0 Å². The van der Waals surface area contributed by atoms with E-state index in [4.69, 9.17) is 0 Å². The molecule has 2 nitrogen and oxygen atoms in total. The van der Waals surface area contributed by atoms with Gasteiger partial charge in [0.2, 0.25) is 0 Å². The fourth-order valence-electron chi connectivity index (χ4n) is 2.65. The SMILES string of the molecule is CN1CCC2(CC1)CN(C(C)(C)C)C2. The molecule has 0 atom stereocenters. The molecule has 0 N–H and O–H groups in total. The summed E-state index contributed by atoms with van der Waals surface area (Å²) >= 11 is 0. The molecule has 0 unspecified atom stereocenters. The summed E-state index contributed by atoms with van der Waals surface area (Å²) in [6, 6.07) is 0. The van der Waals surface area contributed by atoms with Gasteiger partial charge in [-0.15, -0.1) is 0 Å². The molecule has 2 rings (SSSR count). The van der Waals surface area contributed by atoms with Gasteiger partial charge in [-0.25, -0.2) is 0 Å². The summed E-state index contributed by atoms with van der Waals surface area (Å²) in [7, 11) is 2.24. The molecule has 0 bridgehead atoms. The lowest BCUT2D eigenvalue weighted by atomic mass is 9.70. The molecule has 0 aromatic rings. The molecule has 0 radical (unpaired) electrons. The molecule has 14 heavy (non-hydrogen) atoms. The molecule has 82 valence electrons. The first-order valence-electron chi connectivity index (χ1n) is 5.85. The van der Waals surface area contributed by atoms with E-state index in [1.165, 1.54) is 39.0 Å². The molecular formula is C12H24N2. The highest BCUT2D eigenvalue weighted by molar-refractivity contribution is 5.01. The minimum absolute atomic E-state index is 0.384. The van der Waals surface area contributed by atoms with E-state index in [1.54, 1.807) is 0 Å². The maximum atomic E-state index is 2.62. The first-order valence-corrected chi connectivity index (χ1v) is 5.85. The van der Waals surface area contributed by atoms with Crippen LogP contribution in [0.25, 0.3) is 0 Å². The Balaban J connectivity index is 1.87. The zero-order valence-corrected chi connectivity index (χ0v) is 10.1. The van der Waals surface area contributed by atoms with Gasteiger partial charge in [0.1, 0.15) is 0 Å². The molecule has 0 aromatic heterocycles. The summed E-state index contributed by atoms with van der Waals surface area (Å²) in [6.45, 7) is 12.3. The van der Waals surface area contributed by atoms with E-state index in [9.17, 15) is 0 Å². The Morgan fingerprint density at radius 1 is 1.00 bits per heavy atom. The van der Waals surface area contributed by atoms with Gasteiger partial charge < -0.3 is 4.90 Å². The van der Waals surface area contributed by atoms with Gasteiger partial charge in [0.05, 0.1) is 0 Å². The fourth-order valence-corrected chi connectivity index (χ4v) is 2.65. The van der Waals surface area contributed by atoms with Crippen molar-refractivity contribution in [3.05, 3.63) is 0 Å². The van der Waals surface area contributed by atoms with Crippen LogP contribution in [0.4, 0.5) is 0 Å². The van der Waals surface area contributed by atoms with Gasteiger partial charge in [-0.1, -0.05) is 0 Å². The van der Waals surface area contributed by atoms with E-state index in [2.05, 4.69) is 37.6 Å². The van der Waals surface area contributed by atoms with E-state index >= 15 is 0 Å². The Morgan fingerprint density at radius 3 is 1.93 bits per heavy atom. The van der Waals surface area contributed by atoms with E-state index in [1.807, 2.05) is 0 Å². The number of nitrogens with zero attached hydrogens (tertiary/aromatic N) is 2. The summed E-state index contributed by atoms with van der Waals surface area (Å²) in [5, 5.41) is 0. The van der Waals surface area contributed by atoms with Crippen molar-refractivity contribution in [3.63, 3.8) is 0 Å². The highest BCUT2D eigenvalue weighted by Crippen LogP contribution is 2.42. The van der Waals surface area contributed by atoms with Gasteiger partial charge in [0.15, 0.2) is 0 Å². The van der Waals surface area contributed by atoms with Crippen molar-refractivity contribution in [2.75, 3.05) is 33.2 Å². The van der Waals surface area contributed by atoms with Crippen LogP contribution >= 0.6 is 0 Å². The van der Waals surface area contributed by atoms with Gasteiger partial charge >= 0.3 is 0 Å². The van der Waals surface area contributed by atoms with Crippen LogP contribution < -0.4 is 0 Å². The maximum absolute atomic E-state index is 2.62. The highest BCUT2D eigenvalue weighted by atomic mass is 15.3. The van der Waals surface area contributed by atoms with Gasteiger partial charge in [0.25, 0.3) is 0 Å². The summed E-state index contributed by atoms with van der Waals surface area (Å²) in [6.07, 6.45) is 2.83. The lowest BCUT2D eigenvalue weighted by Crippen LogP contribution is -2.64. The Hall–Kier alpha value is -0.0800. The third-order valence-corrected chi connectivity index (χ3v) is 4.05. The van der Waals surface area contributed by atoms with Crippen LogP contribution in [-0.4, -0.2) is 48.6 Å². The molecule has 1 spiro atoms. The van der Waals surface area contributed by atoms with Gasteiger partial charge in [-0.05, 0) is 59.2 Å². The van der Waals surface area contributed by atoms with Crippen LogP contribution in [0.3, 0.4) is 0 Å². The zero-order valence-electron chi connectivity index (χ0n) is 10.1. The van der Waals surface area contributed by atoms with E-state index in [-0.39, 0.29) is 0 Å². The number of piperidine rings is 1. The third-order valence-electron chi connectivity index (χ3n) is 4.05. The van der Waals surface area contributed by atoms with Crippen molar-refractivity contribution in [3.8, 4) is 0 Å². The minimum Gasteiger partial charge on any atom is -0.306 e. The molecule has 2 aliphatic rings. The number of rotatable bonds is 0. The Labute approximate surface area is 88.3 Å². The van der Waals surface area contributed by atoms with Crippen molar-refractivity contribution in [1.82, 2.24) is 9.80 Å². The largest absolute Gasteiger partial charge is 0.306 e. The Kier molecular flexibility index (Phi) is 2.39. The molecule has 2 heterocycles. The smallest absolute Gasteiger partial charge is 0.0125 e. The lowest BCUT2D eigenvalue weighted by molar-refractivity contribution is -0.0874. The summed E-state index contributed by atoms with van der Waals surface area (Å²) in [4.78, 5) is 5.09. The van der Waals surface area contributed by atoms with Crippen molar-refractivity contribution in [1.29, 1.82) is 0 Å². The average Bonchev–Trinajstić information content (AvgIpc) is 2.00. The second-order valence-electron chi connectivity index (χ2n) is 6.33. The zero-order chi connectivity index (χ0) is 10.4. The second-order valence-corrected chi connectivity index (χ2v) is 6.33. The van der Waals surface area contributed by atoms with Gasteiger partial charge in [-0.3, -0.25) is 4.90 Å². The van der Waals surface area contributed by atoms with Crippen LogP contribution in [0.1, 0.15) is 33.6 Å². The van der Waals surface area contributed by atoms with Crippen molar-refractivity contribution < 1.29 is 0 Å². The predicted molar refractivity (Wildman–Crippen MR) is 60.5 cm³/mol. The molecule has 2 saturated heterocycles. The second kappa shape index (κ2) is 3.21. The van der Waals surface area contributed by atoms with Gasteiger partial charge in [-0.2, -0.15) is 0 Å². The molecule has 0 amide bonds. The first kappa shape index (κ1) is 10.4. The summed E-state index contributed by atoms with van der Waals surface area (Å²) in [5.41, 5.74) is 1.08. The maximum Gasteiger partial charge on any atom is 0.0125 e. The highest BCUT2D eigenvalue weighted by Gasteiger charge is 2.47. The molecule has 2 heteroatoms. The number of hydrogen-bond donors (Lipinski definition) is 0. The monoisotopic (exact) mass is 196 g/mol. The molecule has 0 aromatic carbocycles. The lowest BCUT2D eigenvalue weighted by Gasteiger charge is -2.58. The molecule has 2 fully saturated rings. The van der Waals surface area contributed by atoms with Crippen molar-refractivity contribution in [2.45, 2.75) is 39.2 Å². The third kappa shape index (κ3) is 1.82. The van der Waals surface area contributed by atoms with Crippen molar-refractivity contribution in [2.24, 2.45) is 5.41 Å². The van der Waals surface area contributed by atoms with Crippen LogP contribution in [-0.2, 0) is 0 Å². The average molecular weight is 196 g/mol. The van der Waals surface area contributed by atoms with Crippen LogP contribution in [0, 0.1) is 5.41 Å². The Bertz CT molecular complexity index is 201. The quantitative estimate of drug-likeness (QED) is 0.583. The van der Waals surface area contributed by atoms with Gasteiger partial charge in [0, 0.05) is 18.6 Å². The van der Waals surface area contributed by atoms with Crippen LogP contribution in [0.5, 0.6) is 0 Å². The predicted octanol–water partition coefficient (Wildman–Crippen LogP) is 1.81. The van der Waals surface area contributed by atoms with Crippen molar-refractivity contribution >= 4 is 0 Å². The minimum atomic E-state index is 0.384. The number of hydrogen-bond acceptors (Lipinski definition) is 2. The Morgan fingerprint density at radius 2 is 1.50 bits per heavy atom. The summed E-state index contributed by atoms with van der Waals surface area (Å²) in [5.74, 6) is 0. The normalized spacial score (nSPS) is 29.1. The molecular weight excluding hydrogens is 172 g/mol. The number of likely N-dealkylation sites (tertiary alicyclic amines) is 2. The standard InChI is InChI=1S/C12H24N2/c1-11(2,3)14-9-12(10-14)5-7-13(4)8-6-12/h5-10H2,1-4H3. The first-order chi connectivity index (χ1) is 6.41. The van der Waals surface area contributed by atoms with E-state index < -0.39 is 0 Å². The topological polar surface area (TPSA) is 6.48 Å². The molecule has 2 aliphatic heterocycles.